The van der Waals surface area contributed by atoms with Crippen molar-refractivity contribution >= 4 is 17.3 Å². The lowest BCUT2D eigenvalue weighted by molar-refractivity contribution is 0.0699. The first-order valence-corrected chi connectivity index (χ1v) is 4.74. The van der Waals surface area contributed by atoms with E-state index in [0.29, 0.717) is 17.3 Å². The highest BCUT2D eigenvalue weighted by Crippen LogP contribution is 2.25. The molecule has 1 aromatic heterocycles. The predicted molar refractivity (Wildman–Crippen MR) is 49.3 cm³/mol. The molecular weight excluding hydrogens is 190 g/mol. The number of thiazole rings is 1. The number of carboxylic acids is 1. The van der Waals surface area contributed by atoms with Crippen LogP contribution in [0, 0.1) is 5.92 Å². The molecule has 1 heterocycles. The molecule has 72 valence electrons. The summed E-state index contributed by atoms with van der Waals surface area (Å²) in [6.45, 7) is 4.03. The summed E-state index contributed by atoms with van der Waals surface area (Å²) >= 11 is 1.04. The summed E-state index contributed by atoms with van der Waals surface area (Å²) < 4.78 is 0. The minimum Gasteiger partial charge on any atom is -0.492 e. The van der Waals surface area contributed by atoms with Gasteiger partial charge in [0.15, 0.2) is 4.88 Å². The normalized spacial score (nSPS) is 10.7. The second-order valence-corrected chi connectivity index (χ2v) is 4.25. The monoisotopic (exact) mass is 201 g/mol. The molecule has 0 fully saturated rings. The molecule has 0 aliphatic carbocycles. The van der Waals surface area contributed by atoms with Crippen molar-refractivity contribution in [3.8, 4) is 5.88 Å². The first-order valence-electron chi connectivity index (χ1n) is 3.92. The number of carbonyl (C=O) groups is 1. The van der Waals surface area contributed by atoms with Crippen molar-refractivity contribution in [3.63, 3.8) is 0 Å². The molecule has 0 unspecified atom stereocenters. The average Bonchev–Trinajstić information content (AvgIpc) is 2.29. The molecule has 0 spiro atoms. The van der Waals surface area contributed by atoms with Crippen molar-refractivity contribution in [3.05, 3.63) is 9.88 Å². The van der Waals surface area contributed by atoms with Gasteiger partial charge < -0.3 is 10.2 Å². The van der Waals surface area contributed by atoms with Gasteiger partial charge in [0.1, 0.15) is 0 Å². The van der Waals surface area contributed by atoms with E-state index in [1.165, 1.54) is 0 Å². The van der Waals surface area contributed by atoms with E-state index in [2.05, 4.69) is 4.98 Å². The zero-order valence-electron chi connectivity index (χ0n) is 7.44. The first-order chi connectivity index (χ1) is 6.00. The highest BCUT2D eigenvalue weighted by molar-refractivity contribution is 7.13. The number of hydrogen-bond donors (Lipinski definition) is 2. The van der Waals surface area contributed by atoms with Gasteiger partial charge in [0, 0.05) is 6.42 Å². The van der Waals surface area contributed by atoms with Crippen molar-refractivity contribution in [1.82, 2.24) is 4.98 Å². The van der Waals surface area contributed by atoms with Gasteiger partial charge in [-0.1, -0.05) is 13.8 Å². The number of aromatic carboxylic acids is 1. The van der Waals surface area contributed by atoms with Crippen LogP contribution in [0.2, 0.25) is 0 Å². The molecule has 0 aliphatic rings. The Morgan fingerprint density at radius 2 is 2.23 bits per heavy atom. The van der Waals surface area contributed by atoms with Crippen molar-refractivity contribution in [1.29, 1.82) is 0 Å². The maximum atomic E-state index is 10.5. The number of aromatic hydroxyl groups is 1. The third-order valence-corrected chi connectivity index (χ3v) is 2.49. The molecule has 13 heavy (non-hydrogen) atoms. The van der Waals surface area contributed by atoms with E-state index in [9.17, 15) is 4.79 Å². The topological polar surface area (TPSA) is 70.4 Å². The fraction of sp³-hybridized carbons (Fsp3) is 0.500. The second-order valence-electron chi connectivity index (χ2n) is 3.16. The SMILES string of the molecule is CC(C)Cc1nc(O)c(C(=O)O)s1. The molecule has 0 aliphatic heterocycles. The highest BCUT2D eigenvalue weighted by Gasteiger charge is 2.16. The quantitative estimate of drug-likeness (QED) is 0.781. The Bertz CT molecular complexity index is 319. The number of carboxylic acid groups (broad SMARTS) is 1. The molecule has 0 saturated heterocycles. The zero-order valence-corrected chi connectivity index (χ0v) is 8.26. The van der Waals surface area contributed by atoms with E-state index < -0.39 is 5.97 Å². The Balaban J connectivity index is 2.89. The lowest BCUT2D eigenvalue weighted by atomic mass is 10.1. The molecule has 0 aromatic carbocycles. The maximum Gasteiger partial charge on any atom is 0.351 e. The van der Waals surface area contributed by atoms with Gasteiger partial charge in [-0.3, -0.25) is 0 Å². The van der Waals surface area contributed by atoms with E-state index >= 15 is 0 Å². The summed E-state index contributed by atoms with van der Waals surface area (Å²) in [5.74, 6) is -1.08. The van der Waals surface area contributed by atoms with Gasteiger partial charge in [-0.2, -0.15) is 0 Å². The van der Waals surface area contributed by atoms with Crippen LogP contribution in [0.3, 0.4) is 0 Å². The molecule has 0 saturated carbocycles. The summed E-state index contributed by atoms with van der Waals surface area (Å²) in [5, 5.41) is 18.4. The number of hydrogen-bond acceptors (Lipinski definition) is 4. The Morgan fingerprint density at radius 3 is 2.62 bits per heavy atom. The Labute approximate surface area is 79.9 Å². The first kappa shape index (κ1) is 9.98. The average molecular weight is 201 g/mol. The lowest BCUT2D eigenvalue weighted by Crippen LogP contribution is -1.92. The van der Waals surface area contributed by atoms with Crippen LogP contribution in [0.4, 0.5) is 0 Å². The van der Waals surface area contributed by atoms with E-state index in [-0.39, 0.29) is 10.8 Å². The standard InChI is InChI=1S/C8H11NO3S/c1-4(2)3-5-9-7(10)6(13-5)8(11)12/h4,10H,3H2,1-2H3,(H,11,12). The number of rotatable bonds is 3. The van der Waals surface area contributed by atoms with E-state index in [0.717, 1.165) is 11.3 Å². The summed E-state index contributed by atoms with van der Waals surface area (Å²) in [4.78, 5) is 14.2. The minimum atomic E-state index is -1.12. The molecule has 5 heteroatoms. The summed E-state index contributed by atoms with van der Waals surface area (Å²) in [5.41, 5.74) is 0. The molecule has 1 aromatic rings. The van der Waals surface area contributed by atoms with Crippen molar-refractivity contribution < 1.29 is 15.0 Å². The van der Waals surface area contributed by atoms with Crippen LogP contribution in [-0.2, 0) is 6.42 Å². The van der Waals surface area contributed by atoms with Crippen LogP contribution in [0.1, 0.15) is 28.5 Å². The minimum absolute atomic E-state index is 0.0735. The van der Waals surface area contributed by atoms with Crippen LogP contribution in [0.15, 0.2) is 0 Å². The zero-order chi connectivity index (χ0) is 10.0. The van der Waals surface area contributed by atoms with Crippen LogP contribution >= 0.6 is 11.3 Å². The molecular formula is C8H11NO3S. The summed E-state index contributed by atoms with van der Waals surface area (Å²) in [6, 6.07) is 0. The van der Waals surface area contributed by atoms with Gasteiger partial charge in [0.05, 0.1) is 5.01 Å². The molecule has 0 amide bonds. The van der Waals surface area contributed by atoms with Crippen LogP contribution in [-0.4, -0.2) is 21.2 Å². The molecule has 0 bridgehead atoms. The molecule has 2 N–H and O–H groups in total. The summed E-state index contributed by atoms with van der Waals surface area (Å²) in [6.07, 6.45) is 0.700. The van der Waals surface area contributed by atoms with Crippen molar-refractivity contribution in [2.75, 3.05) is 0 Å². The largest absolute Gasteiger partial charge is 0.492 e. The summed E-state index contributed by atoms with van der Waals surface area (Å²) in [7, 11) is 0. The lowest BCUT2D eigenvalue weighted by Gasteiger charge is -1.97. The Morgan fingerprint density at radius 1 is 1.62 bits per heavy atom. The highest BCUT2D eigenvalue weighted by atomic mass is 32.1. The fourth-order valence-electron chi connectivity index (χ4n) is 0.931. The van der Waals surface area contributed by atoms with E-state index in [4.69, 9.17) is 10.2 Å². The van der Waals surface area contributed by atoms with Crippen molar-refractivity contribution in [2.24, 2.45) is 5.92 Å². The van der Waals surface area contributed by atoms with E-state index in [1.54, 1.807) is 0 Å². The van der Waals surface area contributed by atoms with Gasteiger partial charge in [-0.15, -0.1) is 11.3 Å². The van der Waals surface area contributed by atoms with Crippen LogP contribution < -0.4 is 0 Å². The molecule has 0 radical (unpaired) electrons. The third kappa shape index (κ3) is 2.42. The number of nitrogens with zero attached hydrogens (tertiary/aromatic N) is 1. The predicted octanol–water partition coefficient (Wildman–Crippen LogP) is 1.75. The Hall–Kier alpha value is -1.10. The van der Waals surface area contributed by atoms with Gasteiger partial charge in [0.25, 0.3) is 0 Å². The molecule has 1 rings (SSSR count). The van der Waals surface area contributed by atoms with Gasteiger partial charge in [-0.05, 0) is 5.92 Å². The van der Waals surface area contributed by atoms with Gasteiger partial charge in [0.2, 0.25) is 5.88 Å². The van der Waals surface area contributed by atoms with Crippen LogP contribution in [0.5, 0.6) is 5.88 Å². The fourth-order valence-corrected chi connectivity index (χ4v) is 1.94. The van der Waals surface area contributed by atoms with Crippen molar-refractivity contribution in [2.45, 2.75) is 20.3 Å². The second kappa shape index (κ2) is 3.74. The van der Waals surface area contributed by atoms with Gasteiger partial charge >= 0.3 is 5.97 Å². The van der Waals surface area contributed by atoms with Crippen LogP contribution in [0.25, 0.3) is 0 Å². The van der Waals surface area contributed by atoms with Gasteiger partial charge in [-0.25, -0.2) is 9.78 Å². The third-order valence-electron chi connectivity index (χ3n) is 1.43. The van der Waals surface area contributed by atoms with E-state index in [1.807, 2.05) is 13.8 Å². The smallest absolute Gasteiger partial charge is 0.351 e. The molecule has 0 atom stereocenters. The molecule has 4 nitrogen and oxygen atoms in total. The Kier molecular flexibility index (Phi) is 2.87. The maximum absolute atomic E-state index is 10.5. The number of aromatic nitrogens is 1.